The third-order valence-electron chi connectivity index (χ3n) is 5.31. The number of likely N-dealkylation sites (tertiary alicyclic amines) is 1. The Balaban J connectivity index is 1.43. The first-order valence-electron chi connectivity index (χ1n) is 9.84. The number of aromatic amines is 1. The molecule has 0 radical (unpaired) electrons. The Labute approximate surface area is 174 Å². The number of fused-ring (bicyclic) bond motifs is 1. The monoisotopic (exact) mass is 408 g/mol. The number of nitrogens with zero attached hydrogens (tertiary/aromatic N) is 2. The van der Waals surface area contributed by atoms with Crippen LogP contribution >= 0.6 is 0 Å². The van der Waals surface area contributed by atoms with Crippen LogP contribution in [0.4, 0.5) is 0 Å². The number of para-hydroxylation sites is 2. The molecule has 0 spiro atoms. The van der Waals surface area contributed by atoms with Gasteiger partial charge in [-0.05, 0) is 37.1 Å². The summed E-state index contributed by atoms with van der Waals surface area (Å²) in [5.74, 6) is 1.30. The lowest BCUT2D eigenvalue weighted by molar-refractivity contribution is -0.131. The summed E-state index contributed by atoms with van der Waals surface area (Å²) in [5, 5.41) is 2.70. The smallest absolute Gasteiger partial charge is 0.251 e. The van der Waals surface area contributed by atoms with Gasteiger partial charge in [0.2, 0.25) is 5.91 Å². The number of imidazole rings is 1. The van der Waals surface area contributed by atoms with E-state index in [4.69, 9.17) is 9.47 Å². The molecule has 1 atom stereocenters. The van der Waals surface area contributed by atoms with Gasteiger partial charge in [0.05, 0.1) is 37.8 Å². The zero-order chi connectivity index (χ0) is 21.1. The number of amides is 2. The fraction of sp³-hybridized carbons (Fsp3) is 0.318. The van der Waals surface area contributed by atoms with E-state index in [1.807, 2.05) is 24.3 Å². The van der Waals surface area contributed by atoms with Crippen LogP contribution in [-0.2, 0) is 4.79 Å². The van der Waals surface area contributed by atoms with Gasteiger partial charge in [-0.15, -0.1) is 0 Å². The van der Waals surface area contributed by atoms with E-state index in [9.17, 15) is 9.59 Å². The molecular formula is C22H24N4O4. The maximum atomic E-state index is 12.8. The predicted octanol–water partition coefficient (Wildman–Crippen LogP) is 2.67. The molecule has 1 aliphatic rings. The number of benzene rings is 2. The Bertz CT molecular complexity index is 1020. The summed E-state index contributed by atoms with van der Waals surface area (Å²) in [7, 11) is 3.04. The highest BCUT2D eigenvalue weighted by atomic mass is 16.5. The van der Waals surface area contributed by atoms with Crippen LogP contribution < -0.4 is 14.8 Å². The third-order valence-corrected chi connectivity index (χ3v) is 5.31. The highest BCUT2D eigenvalue weighted by Crippen LogP contribution is 2.31. The number of hydrogen-bond donors (Lipinski definition) is 2. The second-order valence-corrected chi connectivity index (χ2v) is 7.17. The van der Waals surface area contributed by atoms with E-state index >= 15 is 0 Å². The summed E-state index contributed by atoms with van der Waals surface area (Å²) in [6, 6.07) is 12.6. The van der Waals surface area contributed by atoms with Gasteiger partial charge in [0.25, 0.3) is 5.91 Å². The Kier molecular flexibility index (Phi) is 5.56. The Morgan fingerprint density at radius 1 is 1.17 bits per heavy atom. The topological polar surface area (TPSA) is 96.5 Å². The summed E-state index contributed by atoms with van der Waals surface area (Å²) < 4.78 is 10.4. The van der Waals surface area contributed by atoms with Crippen LogP contribution in [0.5, 0.6) is 11.5 Å². The van der Waals surface area contributed by atoms with E-state index in [-0.39, 0.29) is 24.4 Å². The van der Waals surface area contributed by atoms with Gasteiger partial charge in [-0.1, -0.05) is 12.1 Å². The minimum atomic E-state index is -0.361. The van der Waals surface area contributed by atoms with Gasteiger partial charge in [-0.3, -0.25) is 9.59 Å². The van der Waals surface area contributed by atoms with Crippen LogP contribution in [-0.4, -0.2) is 54.0 Å². The van der Waals surface area contributed by atoms with Crippen LogP contribution in [0.3, 0.4) is 0 Å². The number of rotatable bonds is 6. The third kappa shape index (κ3) is 3.94. The molecule has 0 bridgehead atoms. The van der Waals surface area contributed by atoms with Crippen molar-refractivity contribution in [1.82, 2.24) is 20.2 Å². The molecule has 8 nitrogen and oxygen atoms in total. The van der Waals surface area contributed by atoms with Crippen LogP contribution in [0, 0.1) is 0 Å². The van der Waals surface area contributed by atoms with E-state index in [1.54, 1.807) is 23.1 Å². The Morgan fingerprint density at radius 3 is 2.60 bits per heavy atom. The largest absolute Gasteiger partial charge is 0.497 e. The minimum Gasteiger partial charge on any atom is -0.497 e. The molecular weight excluding hydrogens is 384 g/mol. The summed E-state index contributed by atoms with van der Waals surface area (Å²) in [4.78, 5) is 35.1. The standard InChI is InChI=1S/C22H24N4O4/c1-29-15-10-14(11-16(12-15)30-2)22(28)23-13-20(27)26-9-5-8-19(26)21-24-17-6-3-4-7-18(17)25-21/h3-4,6-7,10-12,19H,5,8-9,13H2,1-2H3,(H,23,28)(H,24,25)/t19-/m1/s1. The van der Waals surface area contributed by atoms with Crippen LogP contribution in [0.15, 0.2) is 42.5 Å². The first kappa shape index (κ1) is 19.8. The first-order valence-corrected chi connectivity index (χ1v) is 9.84. The molecule has 2 amide bonds. The number of aromatic nitrogens is 2. The maximum Gasteiger partial charge on any atom is 0.251 e. The van der Waals surface area contributed by atoms with Gasteiger partial charge in [-0.25, -0.2) is 4.98 Å². The van der Waals surface area contributed by atoms with Gasteiger partial charge < -0.3 is 24.7 Å². The fourth-order valence-electron chi connectivity index (χ4n) is 3.78. The van der Waals surface area contributed by atoms with Crippen molar-refractivity contribution >= 4 is 22.8 Å². The molecule has 0 unspecified atom stereocenters. The molecule has 8 heteroatoms. The van der Waals surface area contributed by atoms with Crippen LogP contribution in [0.1, 0.15) is 35.1 Å². The van der Waals surface area contributed by atoms with Crippen molar-refractivity contribution in [2.75, 3.05) is 27.3 Å². The molecule has 2 N–H and O–H groups in total. The van der Waals surface area contributed by atoms with E-state index in [1.165, 1.54) is 14.2 Å². The molecule has 2 heterocycles. The molecule has 2 aromatic carbocycles. The van der Waals surface area contributed by atoms with Gasteiger partial charge in [0, 0.05) is 18.2 Å². The second-order valence-electron chi connectivity index (χ2n) is 7.17. The van der Waals surface area contributed by atoms with Crippen molar-refractivity contribution < 1.29 is 19.1 Å². The van der Waals surface area contributed by atoms with Crippen LogP contribution in [0.2, 0.25) is 0 Å². The van der Waals surface area contributed by atoms with E-state index in [0.29, 0.717) is 23.6 Å². The lowest BCUT2D eigenvalue weighted by Crippen LogP contribution is -2.40. The normalized spacial score (nSPS) is 15.9. The Morgan fingerprint density at radius 2 is 1.90 bits per heavy atom. The highest BCUT2D eigenvalue weighted by Gasteiger charge is 2.32. The van der Waals surface area contributed by atoms with Gasteiger partial charge in [0.1, 0.15) is 17.3 Å². The van der Waals surface area contributed by atoms with Crippen molar-refractivity contribution in [1.29, 1.82) is 0 Å². The van der Waals surface area contributed by atoms with Crippen LogP contribution in [0.25, 0.3) is 11.0 Å². The van der Waals surface area contributed by atoms with Gasteiger partial charge in [0.15, 0.2) is 0 Å². The number of ether oxygens (including phenoxy) is 2. The number of carbonyl (C=O) groups is 2. The zero-order valence-corrected chi connectivity index (χ0v) is 17.0. The lowest BCUT2D eigenvalue weighted by Gasteiger charge is -2.23. The summed E-state index contributed by atoms with van der Waals surface area (Å²) in [6.07, 6.45) is 1.74. The summed E-state index contributed by atoms with van der Waals surface area (Å²) in [5.41, 5.74) is 2.20. The number of nitrogens with one attached hydrogen (secondary N) is 2. The molecule has 1 fully saturated rings. The minimum absolute atomic E-state index is 0.0882. The van der Waals surface area contributed by atoms with Crippen molar-refractivity contribution in [3.05, 3.63) is 53.9 Å². The Hall–Kier alpha value is -3.55. The molecule has 156 valence electrons. The average Bonchev–Trinajstić information content (AvgIpc) is 3.43. The van der Waals surface area contributed by atoms with Crippen molar-refractivity contribution in [3.8, 4) is 11.5 Å². The fourth-order valence-corrected chi connectivity index (χ4v) is 3.78. The number of hydrogen-bond acceptors (Lipinski definition) is 5. The zero-order valence-electron chi connectivity index (χ0n) is 17.0. The first-order chi connectivity index (χ1) is 14.6. The van der Waals surface area contributed by atoms with Crippen molar-refractivity contribution in [2.24, 2.45) is 0 Å². The van der Waals surface area contributed by atoms with E-state index in [0.717, 1.165) is 29.7 Å². The molecule has 30 heavy (non-hydrogen) atoms. The molecule has 4 rings (SSSR count). The quantitative estimate of drug-likeness (QED) is 0.654. The highest BCUT2D eigenvalue weighted by molar-refractivity contribution is 5.97. The van der Waals surface area contributed by atoms with Gasteiger partial charge >= 0.3 is 0 Å². The van der Waals surface area contributed by atoms with Crippen molar-refractivity contribution in [2.45, 2.75) is 18.9 Å². The molecule has 1 saturated heterocycles. The molecule has 1 aromatic heterocycles. The lowest BCUT2D eigenvalue weighted by atomic mass is 10.2. The molecule has 0 saturated carbocycles. The summed E-state index contributed by atoms with van der Waals surface area (Å²) in [6.45, 7) is 0.554. The molecule has 0 aliphatic carbocycles. The van der Waals surface area contributed by atoms with Crippen molar-refractivity contribution in [3.63, 3.8) is 0 Å². The maximum absolute atomic E-state index is 12.8. The average molecular weight is 408 g/mol. The SMILES string of the molecule is COc1cc(OC)cc(C(=O)NCC(=O)N2CCC[C@@H]2c2nc3ccccc3[nH]2)c1. The van der Waals surface area contributed by atoms with E-state index < -0.39 is 0 Å². The number of methoxy groups -OCH3 is 2. The summed E-state index contributed by atoms with van der Waals surface area (Å²) >= 11 is 0. The molecule has 3 aromatic rings. The number of H-pyrrole nitrogens is 1. The predicted molar refractivity (Wildman–Crippen MR) is 112 cm³/mol. The van der Waals surface area contributed by atoms with E-state index in [2.05, 4.69) is 15.3 Å². The second kappa shape index (κ2) is 8.44. The molecule has 1 aliphatic heterocycles. The van der Waals surface area contributed by atoms with Gasteiger partial charge in [-0.2, -0.15) is 0 Å². The number of carbonyl (C=O) groups excluding carboxylic acids is 2.